The van der Waals surface area contributed by atoms with Crippen molar-refractivity contribution in [3.8, 4) is 0 Å². The van der Waals surface area contributed by atoms with Gasteiger partial charge in [-0.05, 0) is 32.6 Å². The number of phosphoric ester groups is 1. The molecule has 0 saturated heterocycles. The molecule has 14 heteroatoms. The second-order valence-electron chi connectivity index (χ2n) is 10.3. The van der Waals surface area contributed by atoms with Gasteiger partial charge in [-0.1, -0.05) is 34.6 Å². The summed E-state index contributed by atoms with van der Waals surface area (Å²) in [6.45, 7) is 12.5. The molecule has 0 saturated carbocycles. The van der Waals surface area contributed by atoms with Crippen molar-refractivity contribution in [1.29, 1.82) is 0 Å². The Kier molecular flexibility index (Phi) is 15.6. The lowest BCUT2D eigenvalue weighted by Crippen LogP contribution is -2.54. The number of aliphatic hydroxyl groups is 2. The van der Waals surface area contributed by atoms with Gasteiger partial charge in [-0.2, -0.15) is 0 Å². The molecule has 0 aliphatic heterocycles. The number of esters is 1. The minimum Gasteiger partial charge on any atom is -0.463 e. The Morgan fingerprint density at radius 3 is 2.19 bits per heavy atom. The largest absolute Gasteiger partial charge is 0.472 e. The fraction of sp³-hybridized carbons (Fsp3) is 0.913. The van der Waals surface area contributed by atoms with Crippen LogP contribution in [0.3, 0.4) is 0 Å². The highest BCUT2D eigenvalue weighted by Crippen LogP contribution is 2.44. The zero-order chi connectivity index (χ0) is 28.9. The third kappa shape index (κ3) is 14.0. The average molecular weight is 560 g/mol. The van der Waals surface area contributed by atoms with E-state index in [1.807, 2.05) is 13.8 Å². The molecule has 4 N–H and O–H groups in total. The minimum absolute atomic E-state index is 0.00693. The summed E-state index contributed by atoms with van der Waals surface area (Å²) in [5.41, 5.74) is -2.64. The summed E-state index contributed by atoms with van der Waals surface area (Å²) in [5, 5.41) is 20.8. The monoisotopic (exact) mass is 559 g/mol. The summed E-state index contributed by atoms with van der Waals surface area (Å²) in [6.07, 6.45) is -0.664. The molecule has 0 rings (SSSR count). The van der Waals surface area contributed by atoms with Crippen molar-refractivity contribution in [3.63, 3.8) is 0 Å². The van der Waals surface area contributed by atoms with E-state index >= 15 is 0 Å². The number of hydrogen-bond acceptors (Lipinski definition) is 11. The smallest absolute Gasteiger partial charge is 0.463 e. The van der Waals surface area contributed by atoms with E-state index in [-0.39, 0.29) is 45.9 Å². The Morgan fingerprint density at radius 2 is 1.62 bits per heavy atom. The molecule has 0 aromatic heterocycles. The molecule has 0 radical (unpaired) electrons. The van der Waals surface area contributed by atoms with Crippen LogP contribution >= 0.6 is 7.82 Å². The number of nitrogens with one attached hydrogen (secondary N) is 1. The predicted molar refractivity (Wildman–Crippen MR) is 133 cm³/mol. The van der Waals surface area contributed by atoms with Crippen molar-refractivity contribution in [2.45, 2.75) is 73.6 Å². The quantitative estimate of drug-likeness (QED) is 0.0738. The molecule has 0 aliphatic rings. The lowest BCUT2D eigenvalue weighted by Gasteiger charge is -2.43. The summed E-state index contributed by atoms with van der Waals surface area (Å²) in [7, 11) is -4.16. The Balaban J connectivity index is 4.71. The van der Waals surface area contributed by atoms with Gasteiger partial charge < -0.3 is 39.4 Å². The maximum absolute atomic E-state index is 13.2. The number of amides is 1. The van der Waals surface area contributed by atoms with Crippen LogP contribution in [0.25, 0.3) is 0 Å². The van der Waals surface area contributed by atoms with Gasteiger partial charge in [0.25, 0.3) is 0 Å². The molecule has 0 heterocycles. The second-order valence-corrected chi connectivity index (χ2v) is 11.7. The van der Waals surface area contributed by atoms with Gasteiger partial charge in [0.05, 0.1) is 32.3 Å². The number of carbonyl (C=O) groups is 2. The van der Waals surface area contributed by atoms with Crippen molar-refractivity contribution in [1.82, 2.24) is 5.32 Å². The minimum atomic E-state index is -4.16. The van der Waals surface area contributed by atoms with Crippen LogP contribution in [-0.4, -0.2) is 85.4 Å². The van der Waals surface area contributed by atoms with Gasteiger partial charge in [0.2, 0.25) is 5.91 Å². The van der Waals surface area contributed by atoms with Crippen molar-refractivity contribution in [2.75, 3.05) is 46.6 Å². The van der Waals surface area contributed by atoms with Crippen molar-refractivity contribution in [3.05, 3.63) is 0 Å². The van der Waals surface area contributed by atoms with Crippen LogP contribution in [0.2, 0.25) is 0 Å². The number of rotatable bonds is 20. The first-order valence-corrected chi connectivity index (χ1v) is 13.6. The van der Waals surface area contributed by atoms with E-state index in [0.29, 0.717) is 6.42 Å². The summed E-state index contributed by atoms with van der Waals surface area (Å²) < 4.78 is 41.7. The van der Waals surface area contributed by atoms with Crippen LogP contribution in [0.5, 0.6) is 0 Å². The molecule has 220 valence electrons. The summed E-state index contributed by atoms with van der Waals surface area (Å²) in [6, 6.07) is 0. The normalized spacial score (nSPS) is 16.1. The van der Waals surface area contributed by atoms with Gasteiger partial charge >= 0.3 is 13.8 Å². The van der Waals surface area contributed by atoms with E-state index < -0.39 is 49.0 Å². The van der Waals surface area contributed by atoms with E-state index in [1.54, 1.807) is 41.5 Å². The van der Waals surface area contributed by atoms with E-state index in [9.17, 15) is 24.2 Å². The highest BCUT2D eigenvalue weighted by Gasteiger charge is 2.46. The SMILES string of the molecule is CCOP(=O)(O)OCCOC(=O)C(C)CC(C)(C)C(C)(C)C(=O)NC(C)(C)OCOCOCC(O)CO. The van der Waals surface area contributed by atoms with Crippen LogP contribution in [0, 0.1) is 16.7 Å². The second kappa shape index (κ2) is 16.1. The van der Waals surface area contributed by atoms with E-state index in [0.717, 1.165) is 0 Å². The Morgan fingerprint density at radius 1 is 1.00 bits per heavy atom. The van der Waals surface area contributed by atoms with Crippen LogP contribution in [0.4, 0.5) is 0 Å². The van der Waals surface area contributed by atoms with Crippen LogP contribution in [0.15, 0.2) is 0 Å². The zero-order valence-electron chi connectivity index (χ0n) is 23.3. The average Bonchev–Trinajstić information content (AvgIpc) is 2.77. The first kappa shape index (κ1) is 35.9. The molecule has 0 spiro atoms. The highest BCUT2D eigenvalue weighted by atomic mass is 31.2. The van der Waals surface area contributed by atoms with Crippen LogP contribution in [-0.2, 0) is 42.1 Å². The van der Waals surface area contributed by atoms with Crippen LogP contribution in [0.1, 0.15) is 61.8 Å². The molecule has 0 bridgehead atoms. The number of carbonyl (C=O) groups excluding carboxylic acids is 2. The van der Waals surface area contributed by atoms with Crippen LogP contribution < -0.4 is 5.32 Å². The number of aliphatic hydroxyl groups excluding tert-OH is 2. The molecule has 0 fully saturated rings. The maximum Gasteiger partial charge on any atom is 0.472 e. The van der Waals surface area contributed by atoms with Gasteiger partial charge in [-0.25, -0.2) is 4.57 Å². The summed E-state index contributed by atoms with van der Waals surface area (Å²) >= 11 is 0. The molecule has 13 nitrogen and oxygen atoms in total. The molecule has 0 aromatic carbocycles. The lowest BCUT2D eigenvalue weighted by molar-refractivity contribution is -0.190. The number of hydrogen-bond donors (Lipinski definition) is 4. The first-order valence-electron chi connectivity index (χ1n) is 12.1. The lowest BCUT2D eigenvalue weighted by atomic mass is 9.63. The maximum atomic E-state index is 13.2. The van der Waals surface area contributed by atoms with Crippen molar-refractivity contribution in [2.24, 2.45) is 16.7 Å². The van der Waals surface area contributed by atoms with Gasteiger partial charge in [0.1, 0.15) is 25.2 Å². The highest BCUT2D eigenvalue weighted by molar-refractivity contribution is 7.47. The fourth-order valence-corrected chi connectivity index (χ4v) is 3.74. The predicted octanol–water partition coefficient (Wildman–Crippen LogP) is 1.93. The molecular formula is C23H46NO12P. The van der Waals surface area contributed by atoms with Gasteiger partial charge in [0, 0.05) is 5.41 Å². The third-order valence-electron chi connectivity index (χ3n) is 5.96. The number of phosphoric acid groups is 1. The van der Waals surface area contributed by atoms with Gasteiger partial charge in [-0.3, -0.25) is 18.6 Å². The van der Waals surface area contributed by atoms with Crippen molar-refractivity contribution < 1.29 is 57.3 Å². The standard InChI is InChI=1S/C23H46NO12P/c1-9-35-37(29,30)36-11-10-33-19(27)17(2)12-21(3,4)22(5,6)20(28)24-23(7,8)34-16-32-15-31-14-18(26)13-25/h17-18,25-26H,9-16H2,1-8H3,(H,24,28)(H,29,30). The first-order chi connectivity index (χ1) is 16.9. The van der Waals surface area contributed by atoms with E-state index in [4.69, 9.17) is 28.6 Å². The van der Waals surface area contributed by atoms with E-state index in [1.165, 1.54) is 0 Å². The zero-order valence-corrected chi connectivity index (χ0v) is 24.2. The Labute approximate surface area is 219 Å². The fourth-order valence-electron chi connectivity index (χ4n) is 3.03. The topological polar surface area (TPSA) is 179 Å². The van der Waals surface area contributed by atoms with E-state index in [2.05, 4.69) is 9.84 Å². The number of ether oxygens (including phenoxy) is 4. The molecular weight excluding hydrogens is 513 g/mol. The molecule has 0 aromatic rings. The molecule has 3 atom stereocenters. The molecule has 3 unspecified atom stereocenters. The Bertz CT molecular complexity index is 743. The van der Waals surface area contributed by atoms with Gasteiger partial charge in [0.15, 0.2) is 6.79 Å². The Hall–Kier alpha value is -1.15. The summed E-state index contributed by atoms with van der Waals surface area (Å²) in [4.78, 5) is 35.0. The molecule has 1 amide bonds. The summed E-state index contributed by atoms with van der Waals surface area (Å²) in [5.74, 6) is -1.38. The third-order valence-corrected chi connectivity index (χ3v) is 7.05. The molecule has 37 heavy (non-hydrogen) atoms. The molecule has 0 aliphatic carbocycles. The van der Waals surface area contributed by atoms with Gasteiger partial charge in [-0.15, -0.1) is 0 Å². The van der Waals surface area contributed by atoms with Crippen molar-refractivity contribution >= 4 is 19.7 Å².